The second kappa shape index (κ2) is 45.0. The van der Waals surface area contributed by atoms with Gasteiger partial charge in [-0.05, 0) is 364 Å². The smallest absolute Gasteiger partial charge is 0.126 e. The first-order valence-electron chi connectivity index (χ1n) is 45.3. The van der Waals surface area contributed by atoms with Crippen LogP contribution < -0.4 is 0 Å². The number of benzene rings is 10. The summed E-state index contributed by atoms with van der Waals surface area (Å²) in [4.78, 5) is 0. The minimum Gasteiger partial charge on any atom is -0.207 e. The molecule has 10 aromatic carbocycles. The molecule has 0 aliphatic heterocycles. The van der Waals surface area contributed by atoms with E-state index in [1.165, 1.54) is 220 Å². The summed E-state index contributed by atoms with van der Waals surface area (Å²) in [5.41, 5.74) is 21.1. The lowest BCUT2D eigenvalue weighted by molar-refractivity contribution is 0.303. The van der Waals surface area contributed by atoms with Gasteiger partial charge in [-0.25, -0.2) is 22.0 Å². The summed E-state index contributed by atoms with van der Waals surface area (Å²) < 4.78 is 68.7. The highest BCUT2D eigenvalue weighted by Crippen LogP contribution is 2.44. The molecule has 5 saturated carbocycles. The Morgan fingerprint density at radius 2 is 0.457 bits per heavy atom. The molecule has 5 aliphatic rings. The molecule has 0 bridgehead atoms. The topological polar surface area (TPSA) is 0 Å². The Hall–Kier alpha value is -8.41. The highest BCUT2D eigenvalue weighted by molar-refractivity contribution is 5.68. The average Bonchev–Trinajstić information content (AvgIpc) is 0.843. The summed E-state index contributed by atoms with van der Waals surface area (Å²) in [6, 6.07) is 71.4. The molecule has 0 aromatic heterocycles. The van der Waals surface area contributed by atoms with Crippen LogP contribution in [0, 0.1) is 93.3 Å². The van der Waals surface area contributed by atoms with Crippen LogP contribution in [0.5, 0.6) is 0 Å². The van der Waals surface area contributed by atoms with E-state index in [2.05, 4.69) is 162 Å². The maximum absolute atomic E-state index is 13.8. The van der Waals surface area contributed by atoms with Crippen LogP contribution in [-0.2, 0) is 0 Å². The Kier molecular flexibility index (Phi) is 34.3. The van der Waals surface area contributed by atoms with Crippen LogP contribution in [0.1, 0.15) is 306 Å². The Morgan fingerprint density at radius 1 is 0.241 bits per heavy atom. The zero-order valence-electron chi connectivity index (χ0n) is 71.9. The Balaban J connectivity index is 0.000000143. The van der Waals surface area contributed by atoms with Crippen LogP contribution in [0.15, 0.2) is 225 Å². The summed E-state index contributed by atoms with van der Waals surface area (Å²) in [5, 5.41) is 0. The number of aryl methyl sites for hydroxylation is 5. The van der Waals surface area contributed by atoms with E-state index in [-0.39, 0.29) is 29.1 Å². The number of halogens is 5. The fourth-order valence-electron chi connectivity index (χ4n) is 19.1. The van der Waals surface area contributed by atoms with Gasteiger partial charge in [-0.1, -0.05) is 280 Å². The van der Waals surface area contributed by atoms with Crippen molar-refractivity contribution < 1.29 is 22.0 Å². The Morgan fingerprint density at radius 3 is 0.672 bits per heavy atom. The van der Waals surface area contributed by atoms with Gasteiger partial charge in [0.2, 0.25) is 0 Å². The molecule has 0 heterocycles. The first-order valence-corrected chi connectivity index (χ1v) is 45.3. The molecule has 0 N–H and O–H groups in total. The van der Waals surface area contributed by atoms with Crippen LogP contribution in [0.2, 0.25) is 0 Å². The highest BCUT2D eigenvalue weighted by Gasteiger charge is 2.27. The van der Waals surface area contributed by atoms with Crippen molar-refractivity contribution >= 4 is 0 Å². The fraction of sp³-hybridized carbons (Fsp3) is 0.441. The van der Waals surface area contributed by atoms with Crippen molar-refractivity contribution in [2.45, 2.75) is 285 Å². The van der Waals surface area contributed by atoms with E-state index in [4.69, 9.17) is 0 Å². The minimum absolute atomic E-state index is 0.122. The van der Waals surface area contributed by atoms with Gasteiger partial charge in [0.1, 0.15) is 29.1 Å². The Labute approximate surface area is 697 Å². The quantitative estimate of drug-likeness (QED) is 0.0382. The van der Waals surface area contributed by atoms with E-state index in [0.29, 0.717) is 63.3 Å². The maximum Gasteiger partial charge on any atom is 0.126 e. The molecule has 0 nitrogen and oxygen atoms in total. The van der Waals surface area contributed by atoms with Gasteiger partial charge in [-0.2, -0.15) is 0 Å². The number of rotatable bonds is 21. The van der Waals surface area contributed by atoms with Crippen molar-refractivity contribution in [1.29, 1.82) is 0 Å². The third kappa shape index (κ3) is 25.6. The molecule has 0 radical (unpaired) electrons. The summed E-state index contributed by atoms with van der Waals surface area (Å²) >= 11 is 0. The molecule has 15 rings (SSSR count). The number of unbranched alkanes of at least 4 members (excludes halogenated alkanes) is 3. The largest absolute Gasteiger partial charge is 0.207 e. The van der Waals surface area contributed by atoms with Crippen molar-refractivity contribution in [3.05, 3.63) is 310 Å². The first kappa shape index (κ1) is 88.4. The van der Waals surface area contributed by atoms with Crippen LogP contribution >= 0.6 is 0 Å². The van der Waals surface area contributed by atoms with Crippen molar-refractivity contribution in [2.75, 3.05) is 0 Å². The van der Waals surface area contributed by atoms with Crippen molar-refractivity contribution in [3.8, 4) is 55.6 Å². The number of hydrogen-bond donors (Lipinski definition) is 0. The molecular weight excluding hydrogens is 1430 g/mol. The second-order valence-electron chi connectivity index (χ2n) is 35.5. The van der Waals surface area contributed by atoms with Crippen LogP contribution in [0.4, 0.5) is 22.0 Å². The van der Waals surface area contributed by atoms with Gasteiger partial charge >= 0.3 is 0 Å². The maximum atomic E-state index is 13.8. The lowest BCUT2D eigenvalue weighted by atomic mass is 9.77. The molecule has 0 atom stereocenters. The molecule has 614 valence electrons. The first-order chi connectivity index (χ1) is 56.3. The Bertz CT molecular complexity index is 4580. The molecule has 5 heteroatoms. The molecule has 116 heavy (non-hydrogen) atoms. The fourth-order valence-corrected chi connectivity index (χ4v) is 19.1. The van der Waals surface area contributed by atoms with Gasteiger partial charge in [-0.3, -0.25) is 0 Å². The minimum atomic E-state index is -0.135. The zero-order chi connectivity index (χ0) is 81.9. The predicted octanol–water partition coefficient (Wildman–Crippen LogP) is 34.5. The zero-order valence-corrected chi connectivity index (χ0v) is 71.9. The third-order valence-electron chi connectivity index (χ3n) is 27.4. The van der Waals surface area contributed by atoms with Crippen molar-refractivity contribution in [1.82, 2.24) is 0 Å². The lowest BCUT2D eigenvalue weighted by Gasteiger charge is -2.29. The summed E-state index contributed by atoms with van der Waals surface area (Å²) in [6.45, 7) is 22.1. The van der Waals surface area contributed by atoms with E-state index in [0.717, 1.165) is 79.3 Å². The highest BCUT2D eigenvalue weighted by atomic mass is 19.1. The normalized spacial score (nSPS) is 21.2. The van der Waals surface area contributed by atoms with Crippen molar-refractivity contribution in [3.63, 3.8) is 0 Å². The molecule has 0 saturated heterocycles. The predicted molar refractivity (Wildman–Crippen MR) is 485 cm³/mol. The van der Waals surface area contributed by atoms with E-state index in [9.17, 15) is 22.0 Å². The summed E-state index contributed by atoms with van der Waals surface area (Å²) in [6.07, 6.45) is 42.4. The third-order valence-corrected chi connectivity index (χ3v) is 27.4. The molecule has 10 aromatic rings. The number of hydrogen-bond acceptors (Lipinski definition) is 0. The number of allylic oxidation sites excluding steroid dienone is 1. The van der Waals surface area contributed by atoms with Gasteiger partial charge in [0.05, 0.1) is 0 Å². The van der Waals surface area contributed by atoms with E-state index >= 15 is 0 Å². The van der Waals surface area contributed by atoms with Gasteiger partial charge in [-0.15, -0.1) is 6.58 Å². The molecular formula is C111H135F5. The summed E-state index contributed by atoms with van der Waals surface area (Å²) in [7, 11) is 0. The standard InChI is InChI=1S/C24H31F.C23H29F.C22H27F.C21H25F.C21H23F/c1-3-4-5-6-19-8-11-20(12-9-19)21-13-15-22(16-14-21)23-10-7-18(2)24(25)17-23;1-3-4-5-18-7-10-19(11-8-18)20-12-14-21(15-13-20)22-9-6-17(2)23(24)16-22;1-3-4-17-6-9-18(10-7-17)19-11-13-20(14-12-19)21-8-5-16(2)22(23)15-21;2*1-3-16-5-8-17(9-6-16)18-10-12-19(13-11-18)20-7-4-15(2)21(22)14-20/h7,10,13-17,19-20H,3-6,8-9,11-12H2,1-2H3;6,9,12-16,18-19H,3-5,7-8,10-11H2,1-2H3;5,8,11-15,17-18H,3-4,6-7,9-10H2,1-2H3;4,7,10-14,16-17H,3,5-6,8-9H2,1-2H3;3-4,7,10-14,16-17H,1,5-6,8-9H2,2H3. The van der Waals surface area contributed by atoms with Gasteiger partial charge < -0.3 is 0 Å². The SMILES string of the molecule is C=CC1CCC(c2ccc(-c3ccc(C)c(F)c3)cc2)CC1.CCC1CCC(c2ccc(-c3ccc(C)c(F)c3)cc2)CC1.CCCC1CCC(c2ccc(-c3ccc(C)c(F)c3)cc2)CC1.CCCCC1CCC(c2ccc(-c3ccc(C)c(F)c3)cc2)CC1.CCCCCC1CCC(c2ccc(-c3ccc(C)c(F)c3)cc2)CC1. The van der Waals surface area contributed by atoms with Crippen molar-refractivity contribution in [2.24, 2.45) is 29.6 Å². The second-order valence-corrected chi connectivity index (χ2v) is 35.5. The van der Waals surface area contributed by atoms with Gasteiger partial charge in [0.15, 0.2) is 0 Å². The van der Waals surface area contributed by atoms with Gasteiger partial charge in [0.25, 0.3) is 0 Å². The van der Waals surface area contributed by atoms with Crippen LogP contribution in [0.25, 0.3) is 55.6 Å². The monoisotopic (exact) mass is 1560 g/mol. The van der Waals surface area contributed by atoms with E-state index < -0.39 is 0 Å². The van der Waals surface area contributed by atoms with Crippen LogP contribution in [0.3, 0.4) is 0 Å². The molecule has 0 spiro atoms. The van der Waals surface area contributed by atoms with E-state index in [1.807, 2.05) is 60.7 Å². The molecule has 0 unspecified atom stereocenters. The van der Waals surface area contributed by atoms with Gasteiger partial charge in [0, 0.05) is 0 Å². The molecule has 5 aliphatic carbocycles. The van der Waals surface area contributed by atoms with E-state index in [1.54, 1.807) is 65.0 Å². The lowest BCUT2D eigenvalue weighted by Crippen LogP contribution is -2.13. The average molecular weight is 1560 g/mol. The molecule has 0 amide bonds. The summed E-state index contributed by atoms with van der Waals surface area (Å²) in [5.74, 6) is 7.39. The van der Waals surface area contributed by atoms with Crippen LogP contribution in [-0.4, -0.2) is 0 Å². The molecule has 5 fully saturated rings.